The molecular formula is C15H15FN4O. The summed E-state index contributed by atoms with van der Waals surface area (Å²) in [6.07, 6.45) is 3.32. The second-order valence-corrected chi connectivity index (χ2v) is 4.86. The van der Waals surface area contributed by atoms with Crippen molar-refractivity contribution >= 4 is 5.91 Å². The number of amides is 1. The fourth-order valence-electron chi connectivity index (χ4n) is 1.86. The molecule has 0 aliphatic heterocycles. The van der Waals surface area contributed by atoms with Crippen LogP contribution in [0.25, 0.3) is 11.1 Å². The van der Waals surface area contributed by atoms with Crippen LogP contribution in [0, 0.1) is 17.1 Å². The molecule has 0 saturated heterocycles. The van der Waals surface area contributed by atoms with Gasteiger partial charge in [0.05, 0.1) is 18.7 Å². The molecule has 0 saturated carbocycles. The van der Waals surface area contributed by atoms with Crippen LogP contribution in [-0.2, 0) is 17.8 Å². The summed E-state index contributed by atoms with van der Waals surface area (Å²) >= 11 is 0. The van der Waals surface area contributed by atoms with E-state index in [4.69, 9.17) is 5.26 Å². The Kier molecular flexibility index (Phi) is 4.33. The number of hydrogen-bond acceptors (Lipinski definition) is 3. The van der Waals surface area contributed by atoms with Gasteiger partial charge < -0.3 is 4.90 Å². The maximum absolute atomic E-state index is 14.0. The van der Waals surface area contributed by atoms with E-state index < -0.39 is 5.82 Å². The summed E-state index contributed by atoms with van der Waals surface area (Å²) in [5, 5.41) is 12.7. The molecule has 0 bridgehead atoms. The van der Waals surface area contributed by atoms with Gasteiger partial charge in [-0.1, -0.05) is 12.1 Å². The number of halogens is 1. The van der Waals surface area contributed by atoms with Crippen LogP contribution in [0.1, 0.15) is 5.56 Å². The Morgan fingerprint density at radius 1 is 1.48 bits per heavy atom. The van der Waals surface area contributed by atoms with Crippen molar-refractivity contribution in [1.29, 1.82) is 5.26 Å². The third-order valence-electron chi connectivity index (χ3n) is 3.06. The van der Waals surface area contributed by atoms with E-state index in [2.05, 4.69) is 5.10 Å². The zero-order valence-corrected chi connectivity index (χ0v) is 11.9. The molecule has 0 aliphatic carbocycles. The average Bonchev–Trinajstić information content (AvgIpc) is 2.87. The first kappa shape index (κ1) is 14.7. The van der Waals surface area contributed by atoms with E-state index in [1.54, 1.807) is 32.4 Å². The number of benzene rings is 1. The molecule has 108 valence electrons. The Bertz CT molecular complexity index is 700. The molecule has 0 radical (unpaired) electrons. The van der Waals surface area contributed by atoms with E-state index in [9.17, 15) is 9.18 Å². The third-order valence-corrected chi connectivity index (χ3v) is 3.06. The predicted octanol–water partition coefficient (Wildman–Crippen LogP) is 1.84. The molecule has 0 aliphatic rings. The van der Waals surface area contributed by atoms with Gasteiger partial charge in [-0.05, 0) is 11.6 Å². The molecule has 21 heavy (non-hydrogen) atoms. The summed E-state index contributed by atoms with van der Waals surface area (Å²) in [7, 11) is 3.33. The highest BCUT2D eigenvalue weighted by Gasteiger charge is 2.11. The molecule has 1 aromatic heterocycles. The van der Waals surface area contributed by atoms with E-state index >= 15 is 0 Å². The van der Waals surface area contributed by atoms with Crippen molar-refractivity contribution in [3.63, 3.8) is 0 Å². The quantitative estimate of drug-likeness (QED) is 0.861. The van der Waals surface area contributed by atoms with E-state index in [1.165, 1.54) is 21.8 Å². The second-order valence-electron chi connectivity index (χ2n) is 4.86. The van der Waals surface area contributed by atoms with Crippen LogP contribution in [0.5, 0.6) is 0 Å². The Labute approximate surface area is 122 Å². The minimum atomic E-state index is -0.402. The molecule has 2 aromatic rings. The highest BCUT2D eigenvalue weighted by molar-refractivity contribution is 5.75. The van der Waals surface area contributed by atoms with Gasteiger partial charge in [0.2, 0.25) is 5.91 Å². The van der Waals surface area contributed by atoms with Crippen molar-refractivity contribution in [3.05, 3.63) is 42.0 Å². The number of carbonyl (C=O) groups is 1. The van der Waals surface area contributed by atoms with Crippen LogP contribution in [0.3, 0.4) is 0 Å². The van der Waals surface area contributed by atoms with Crippen molar-refractivity contribution in [2.75, 3.05) is 14.1 Å². The minimum Gasteiger partial charge on any atom is -0.347 e. The van der Waals surface area contributed by atoms with Gasteiger partial charge in [-0.25, -0.2) is 4.39 Å². The van der Waals surface area contributed by atoms with E-state index in [1.807, 2.05) is 6.07 Å². The molecular weight excluding hydrogens is 271 g/mol. The normalized spacial score (nSPS) is 10.2. The fourth-order valence-corrected chi connectivity index (χ4v) is 1.86. The number of carbonyl (C=O) groups excluding carboxylic acids is 1. The maximum Gasteiger partial charge on any atom is 0.243 e. The number of nitriles is 1. The smallest absolute Gasteiger partial charge is 0.243 e. The lowest BCUT2D eigenvalue weighted by molar-refractivity contribution is -0.129. The number of hydrogen-bond donors (Lipinski definition) is 0. The summed E-state index contributed by atoms with van der Waals surface area (Å²) in [6, 6.07) is 6.66. The topological polar surface area (TPSA) is 61.9 Å². The maximum atomic E-state index is 14.0. The highest BCUT2D eigenvalue weighted by atomic mass is 19.1. The molecule has 1 heterocycles. The highest BCUT2D eigenvalue weighted by Crippen LogP contribution is 2.23. The van der Waals surface area contributed by atoms with Crippen LogP contribution in [-0.4, -0.2) is 34.7 Å². The number of likely N-dealkylation sites (N-methyl/N-ethyl adjacent to an activating group) is 1. The molecule has 0 N–H and O–H groups in total. The Morgan fingerprint density at radius 2 is 2.24 bits per heavy atom. The first-order valence-corrected chi connectivity index (χ1v) is 6.39. The van der Waals surface area contributed by atoms with Gasteiger partial charge in [0.25, 0.3) is 0 Å². The number of aromatic nitrogens is 2. The van der Waals surface area contributed by atoms with Crippen LogP contribution in [0.15, 0.2) is 30.6 Å². The zero-order chi connectivity index (χ0) is 15.4. The Balaban J connectivity index is 2.22. The minimum absolute atomic E-state index is 0.0884. The molecule has 1 aromatic carbocycles. The SMILES string of the molecule is CN(C)C(=O)Cn1cc(-c2ccc(CC#N)cc2F)cn1. The van der Waals surface area contributed by atoms with Gasteiger partial charge in [0, 0.05) is 31.4 Å². The van der Waals surface area contributed by atoms with Crippen molar-refractivity contribution in [2.45, 2.75) is 13.0 Å². The Hall–Kier alpha value is -2.68. The predicted molar refractivity (Wildman–Crippen MR) is 75.6 cm³/mol. The molecule has 0 unspecified atom stereocenters. The zero-order valence-electron chi connectivity index (χ0n) is 11.9. The van der Waals surface area contributed by atoms with Crippen LogP contribution in [0.4, 0.5) is 4.39 Å². The molecule has 0 fully saturated rings. The van der Waals surface area contributed by atoms with E-state index in [0.29, 0.717) is 16.7 Å². The van der Waals surface area contributed by atoms with E-state index in [-0.39, 0.29) is 18.9 Å². The van der Waals surface area contributed by atoms with Crippen molar-refractivity contribution < 1.29 is 9.18 Å². The summed E-state index contributed by atoms with van der Waals surface area (Å²) in [6.45, 7) is 0.112. The van der Waals surface area contributed by atoms with Gasteiger partial charge in [-0.3, -0.25) is 9.48 Å². The van der Waals surface area contributed by atoms with E-state index in [0.717, 1.165) is 0 Å². The number of rotatable bonds is 4. The van der Waals surface area contributed by atoms with Crippen molar-refractivity contribution in [3.8, 4) is 17.2 Å². The van der Waals surface area contributed by atoms with Gasteiger partial charge in [-0.2, -0.15) is 10.4 Å². The largest absolute Gasteiger partial charge is 0.347 e. The average molecular weight is 286 g/mol. The molecule has 5 nitrogen and oxygen atoms in total. The molecule has 0 atom stereocenters. The standard InChI is InChI=1S/C15H15FN4O/c1-19(2)15(21)10-20-9-12(8-18-20)13-4-3-11(5-6-17)7-14(13)16/h3-4,7-9H,5,10H2,1-2H3. The molecule has 2 rings (SSSR count). The van der Waals surface area contributed by atoms with Crippen LogP contribution in [0.2, 0.25) is 0 Å². The van der Waals surface area contributed by atoms with Gasteiger partial charge in [0.15, 0.2) is 0 Å². The summed E-state index contributed by atoms with van der Waals surface area (Å²) in [5.74, 6) is -0.490. The first-order valence-electron chi connectivity index (χ1n) is 6.39. The molecule has 0 spiro atoms. The van der Waals surface area contributed by atoms with Crippen molar-refractivity contribution in [1.82, 2.24) is 14.7 Å². The Morgan fingerprint density at radius 3 is 2.86 bits per heavy atom. The lowest BCUT2D eigenvalue weighted by Crippen LogP contribution is -2.26. The van der Waals surface area contributed by atoms with Crippen LogP contribution >= 0.6 is 0 Å². The molecule has 1 amide bonds. The fraction of sp³-hybridized carbons (Fsp3) is 0.267. The van der Waals surface area contributed by atoms with Crippen LogP contribution < -0.4 is 0 Å². The third kappa shape index (κ3) is 3.45. The number of nitrogens with zero attached hydrogens (tertiary/aromatic N) is 4. The monoisotopic (exact) mass is 286 g/mol. The summed E-state index contributed by atoms with van der Waals surface area (Å²) in [5.41, 5.74) is 1.64. The summed E-state index contributed by atoms with van der Waals surface area (Å²) in [4.78, 5) is 13.1. The molecule has 6 heteroatoms. The first-order chi connectivity index (χ1) is 10.0. The lowest BCUT2D eigenvalue weighted by atomic mass is 10.1. The van der Waals surface area contributed by atoms with Crippen molar-refractivity contribution in [2.24, 2.45) is 0 Å². The van der Waals surface area contributed by atoms with Gasteiger partial charge in [-0.15, -0.1) is 0 Å². The van der Waals surface area contributed by atoms with Gasteiger partial charge in [0.1, 0.15) is 12.4 Å². The van der Waals surface area contributed by atoms with Gasteiger partial charge >= 0.3 is 0 Å². The summed E-state index contributed by atoms with van der Waals surface area (Å²) < 4.78 is 15.5. The lowest BCUT2D eigenvalue weighted by Gasteiger charge is -2.09. The second kappa shape index (κ2) is 6.18.